The minimum atomic E-state index is -3.69. The molecular formula is C10H15NO5S3. The van der Waals surface area contributed by atoms with Crippen LogP contribution in [0.25, 0.3) is 0 Å². The van der Waals surface area contributed by atoms with Gasteiger partial charge in [-0.05, 0) is 23.4 Å². The summed E-state index contributed by atoms with van der Waals surface area (Å²) in [4.78, 5) is 0. The Kier molecular flexibility index (Phi) is 4.03. The van der Waals surface area contributed by atoms with Gasteiger partial charge in [-0.1, -0.05) is 0 Å². The minimum absolute atomic E-state index is 0.0316. The maximum absolute atomic E-state index is 12.3. The summed E-state index contributed by atoms with van der Waals surface area (Å²) in [5.41, 5.74) is 0.538. The monoisotopic (exact) mass is 325 g/mol. The third-order valence-electron chi connectivity index (χ3n) is 3.17. The first-order valence-corrected chi connectivity index (χ1v) is 9.77. The Hall–Kier alpha value is -0.480. The zero-order valence-electron chi connectivity index (χ0n) is 10.3. The van der Waals surface area contributed by atoms with Gasteiger partial charge < -0.3 is 5.11 Å². The molecule has 0 amide bonds. The van der Waals surface area contributed by atoms with E-state index in [9.17, 15) is 16.8 Å². The van der Waals surface area contributed by atoms with Crippen LogP contribution in [0, 0.1) is 0 Å². The summed E-state index contributed by atoms with van der Waals surface area (Å²) in [6.45, 7) is -0.215. The minimum Gasteiger partial charge on any atom is -0.392 e. The number of sulfonamides is 1. The van der Waals surface area contributed by atoms with Crippen LogP contribution in [-0.2, 0) is 26.5 Å². The molecule has 108 valence electrons. The van der Waals surface area contributed by atoms with Crippen molar-refractivity contribution in [2.45, 2.75) is 23.3 Å². The van der Waals surface area contributed by atoms with Crippen LogP contribution in [-0.4, -0.2) is 50.8 Å². The molecule has 1 aliphatic rings. The maximum atomic E-state index is 12.3. The van der Waals surface area contributed by atoms with Crippen LogP contribution >= 0.6 is 11.3 Å². The molecule has 1 aromatic rings. The molecular weight excluding hydrogens is 310 g/mol. The van der Waals surface area contributed by atoms with Crippen molar-refractivity contribution in [3.05, 3.63) is 17.0 Å². The van der Waals surface area contributed by atoms with E-state index >= 15 is 0 Å². The van der Waals surface area contributed by atoms with Gasteiger partial charge in [0.15, 0.2) is 9.84 Å². The Labute approximate surface area is 116 Å². The Morgan fingerprint density at radius 3 is 2.68 bits per heavy atom. The molecule has 2 rings (SSSR count). The molecule has 0 radical (unpaired) electrons. The number of nitrogens with zero attached hydrogens (tertiary/aromatic N) is 1. The summed E-state index contributed by atoms with van der Waals surface area (Å²) in [7, 11) is -5.41. The molecule has 1 saturated heterocycles. The van der Waals surface area contributed by atoms with Gasteiger partial charge in [0, 0.05) is 13.1 Å². The van der Waals surface area contributed by atoms with Crippen LogP contribution in [0.5, 0.6) is 0 Å². The zero-order valence-corrected chi connectivity index (χ0v) is 12.8. The summed E-state index contributed by atoms with van der Waals surface area (Å²) in [6.07, 6.45) is 0.330. The smallest absolute Gasteiger partial charge is 0.252 e. The van der Waals surface area contributed by atoms with E-state index in [1.54, 1.807) is 5.38 Å². The Morgan fingerprint density at radius 2 is 2.21 bits per heavy atom. The molecule has 1 N–H and O–H groups in total. The Morgan fingerprint density at radius 1 is 1.53 bits per heavy atom. The largest absolute Gasteiger partial charge is 0.392 e. The average molecular weight is 325 g/mol. The number of rotatable bonds is 4. The molecule has 19 heavy (non-hydrogen) atoms. The van der Waals surface area contributed by atoms with E-state index < -0.39 is 25.9 Å². The highest BCUT2D eigenvalue weighted by molar-refractivity contribution is 7.92. The van der Waals surface area contributed by atoms with Gasteiger partial charge in [-0.2, -0.15) is 4.31 Å². The van der Waals surface area contributed by atoms with Gasteiger partial charge in [0.05, 0.1) is 18.1 Å². The number of sulfone groups is 1. The Balaban J connectivity index is 2.25. The van der Waals surface area contributed by atoms with Crippen molar-refractivity contribution in [2.24, 2.45) is 0 Å². The summed E-state index contributed by atoms with van der Waals surface area (Å²) in [6, 6.07) is 0.912. The molecule has 0 aliphatic carbocycles. The van der Waals surface area contributed by atoms with Crippen LogP contribution in [0.4, 0.5) is 0 Å². The quantitative estimate of drug-likeness (QED) is 0.844. The SMILES string of the molecule is CN(C1CCS(=O)(=O)C1)S(=O)(=O)c1cc(CO)cs1. The lowest BCUT2D eigenvalue weighted by Crippen LogP contribution is -2.37. The fourth-order valence-corrected chi connectivity index (χ4v) is 6.61. The highest BCUT2D eigenvalue weighted by Gasteiger charge is 2.36. The van der Waals surface area contributed by atoms with E-state index in [-0.39, 0.29) is 22.3 Å². The molecule has 1 atom stereocenters. The number of aliphatic hydroxyl groups excluding tert-OH is 1. The molecule has 1 aliphatic heterocycles. The van der Waals surface area contributed by atoms with Gasteiger partial charge in [0.25, 0.3) is 10.0 Å². The van der Waals surface area contributed by atoms with Crippen LogP contribution in [0.2, 0.25) is 0 Å². The fraction of sp³-hybridized carbons (Fsp3) is 0.600. The van der Waals surface area contributed by atoms with Gasteiger partial charge in [-0.15, -0.1) is 11.3 Å². The molecule has 1 unspecified atom stereocenters. The first-order chi connectivity index (χ1) is 8.76. The summed E-state index contributed by atoms with van der Waals surface area (Å²) in [5, 5.41) is 10.5. The molecule has 1 aromatic heterocycles. The molecule has 2 heterocycles. The van der Waals surface area contributed by atoms with Crippen LogP contribution < -0.4 is 0 Å². The standard InChI is InChI=1S/C10H15NO5S3/c1-11(9-2-3-18(13,14)7-9)19(15,16)10-4-8(5-12)6-17-10/h4,6,9,12H,2-3,5,7H2,1H3. The lowest BCUT2D eigenvalue weighted by molar-refractivity contribution is 0.282. The van der Waals surface area contributed by atoms with Crippen LogP contribution in [0.1, 0.15) is 12.0 Å². The summed E-state index contributed by atoms with van der Waals surface area (Å²) >= 11 is 1.03. The second kappa shape index (κ2) is 5.13. The number of aliphatic hydroxyl groups is 1. The van der Waals surface area contributed by atoms with Crippen molar-refractivity contribution in [1.29, 1.82) is 0 Å². The number of hydrogen-bond acceptors (Lipinski definition) is 6. The first kappa shape index (κ1) is 14.9. The second-order valence-electron chi connectivity index (χ2n) is 4.51. The Bertz CT molecular complexity index is 661. The number of hydrogen-bond donors (Lipinski definition) is 1. The first-order valence-electron chi connectivity index (χ1n) is 5.63. The maximum Gasteiger partial charge on any atom is 0.252 e. The van der Waals surface area contributed by atoms with E-state index in [2.05, 4.69) is 0 Å². The van der Waals surface area contributed by atoms with E-state index in [1.165, 1.54) is 13.1 Å². The van der Waals surface area contributed by atoms with E-state index in [4.69, 9.17) is 5.11 Å². The fourth-order valence-electron chi connectivity index (χ4n) is 1.97. The summed E-state index contributed by atoms with van der Waals surface area (Å²) in [5.74, 6) is -0.0924. The van der Waals surface area contributed by atoms with Crippen molar-refractivity contribution in [1.82, 2.24) is 4.31 Å². The van der Waals surface area contributed by atoms with Gasteiger partial charge in [-0.3, -0.25) is 0 Å². The molecule has 0 spiro atoms. The third kappa shape index (κ3) is 3.00. The topological polar surface area (TPSA) is 91.8 Å². The lowest BCUT2D eigenvalue weighted by Gasteiger charge is -2.21. The molecule has 1 fully saturated rings. The van der Waals surface area contributed by atoms with Crippen molar-refractivity contribution in [2.75, 3.05) is 18.6 Å². The highest BCUT2D eigenvalue weighted by Crippen LogP contribution is 2.27. The number of thiophene rings is 1. The van der Waals surface area contributed by atoms with Gasteiger partial charge >= 0.3 is 0 Å². The van der Waals surface area contributed by atoms with E-state index in [1.807, 2.05) is 0 Å². The predicted molar refractivity (Wildman–Crippen MR) is 72.2 cm³/mol. The zero-order chi connectivity index (χ0) is 14.3. The lowest BCUT2D eigenvalue weighted by atomic mass is 10.3. The van der Waals surface area contributed by atoms with Crippen molar-refractivity contribution in [3.8, 4) is 0 Å². The average Bonchev–Trinajstić information content (AvgIpc) is 2.94. The van der Waals surface area contributed by atoms with E-state index in [0.717, 1.165) is 15.6 Å². The molecule has 6 nitrogen and oxygen atoms in total. The van der Waals surface area contributed by atoms with Crippen LogP contribution in [0.15, 0.2) is 15.7 Å². The van der Waals surface area contributed by atoms with Gasteiger partial charge in [0.2, 0.25) is 0 Å². The molecule has 0 bridgehead atoms. The van der Waals surface area contributed by atoms with E-state index in [0.29, 0.717) is 12.0 Å². The molecule has 0 saturated carbocycles. The summed E-state index contributed by atoms with van der Waals surface area (Å²) < 4.78 is 48.7. The van der Waals surface area contributed by atoms with Gasteiger partial charge in [0.1, 0.15) is 4.21 Å². The second-order valence-corrected chi connectivity index (χ2v) is 9.87. The normalized spacial score (nSPS) is 23.0. The van der Waals surface area contributed by atoms with Crippen LogP contribution in [0.3, 0.4) is 0 Å². The molecule has 0 aromatic carbocycles. The van der Waals surface area contributed by atoms with Gasteiger partial charge in [-0.25, -0.2) is 16.8 Å². The van der Waals surface area contributed by atoms with Crippen molar-refractivity contribution >= 4 is 31.2 Å². The predicted octanol–water partition coefficient (Wildman–Crippen LogP) is 0.0480. The third-order valence-corrected chi connectivity index (χ3v) is 8.29. The molecule has 9 heteroatoms. The van der Waals surface area contributed by atoms with Crippen molar-refractivity contribution in [3.63, 3.8) is 0 Å². The highest BCUT2D eigenvalue weighted by atomic mass is 32.2. The van der Waals surface area contributed by atoms with Crippen molar-refractivity contribution < 1.29 is 21.9 Å².